The summed E-state index contributed by atoms with van der Waals surface area (Å²) in [6.45, 7) is 1.93. The fourth-order valence-electron chi connectivity index (χ4n) is 0. The van der Waals surface area contributed by atoms with Crippen LogP contribution in [0.5, 0.6) is 0 Å². The molecule has 0 amide bonds. The van der Waals surface area contributed by atoms with Crippen LogP contribution in [0.15, 0.2) is 0 Å². The third kappa shape index (κ3) is 118. The summed E-state index contributed by atoms with van der Waals surface area (Å²) in [5.74, 6) is 0. The van der Waals surface area contributed by atoms with Gasteiger partial charge < -0.3 is 16.1 Å². The molecule has 52 valence electrons. The summed E-state index contributed by atoms with van der Waals surface area (Å²) in [6.07, 6.45) is 9.90. The van der Waals surface area contributed by atoms with Crippen LogP contribution in [-0.2, 0) is 0 Å². The van der Waals surface area contributed by atoms with Crippen LogP contribution in [-0.4, -0.2) is 53.5 Å². The Labute approximate surface area is 72.3 Å². The van der Waals surface area contributed by atoms with E-state index in [1.54, 1.807) is 6.92 Å². The fourth-order valence-corrected chi connectivity index (χ4v) is 0. The molecule has 0 spiro atoms. The first-order valence-corrected chi connectivity index (χ1v) is 7.64. The summed E-state index contributed by atoms with van der Waals surface area (Å²) in [4.78, 5) is 0. The Bertz CT molecular complexity index is 17.2. The molecule has 6 heteroatoms. The van der Waals surface area contributed by atoms with Gasteiger partial charge in [-0.1, -0.05) is 0 Å². The predicted molar refractivity (Wildman–Crippen MR) is 37.4 cm³/mol. The monoisotopic (exact) mass is 192 g/mol. The van der Waals surface area contributed by atoms with Crippen LogP contribution in [0.2, 0.25) is 0 Å². The van der Waals surface area contributed by atoms with E-state index in [9.17, 15) is 0 Å². The van der Waals surface area contributed by atoms with E-state index in [4.69, 9.17) is 17.9 Å². The molecule has 8 heavy (non-hydrogen) atoms. The number of hydrogen-bond acceptors (Lipinski definition) is 1. The Morgan fingerprint density at radius 3 is 1.38 bits per heavy atom. The van der Waals surface area contributed by atoms with Crippen molar-refractivity contribution >= 4 is 43.6 Å². The van der Waals surface area contributed by atoms with E-state index in [0.29, 0.717) is 0 Å². The molecular weight excluding hydrogens is 183 g/mol. The van der Waals surface area contributed by atoms with E-state index in [2.05, 4.69) is 0 Å². The van der Waals surface area contributed by atoms with Crippen LogP contribution in [0.25, 0.3) is 0 Å². The van der Waals surface area contributed by atoms with E-state index < -0.39 is 30.8 Å². The fraction of sp³-hybridized carbons (Fsp3) is 1.00. The van der Waals surface area contributed by atoms with Crippen molar-refractivity contribution in [1.29, 1.82) is 0 Å². The van der Waals surface area contributed by atoms with Crippen LogP contribution in [0.1, 0.15) is 6.92 Å². The van der Waals surface area contributed by atoms with E-state index >= 15 is 0 Å². The van der Waals surface area contributed by atoms with Crippen molar-refractivity contribution in [3.8, 4) is 0 Å². The van der Waals surface area contributed by atoms with Crippen LogP contribution in [0.4, 0.5) is 0 Å². The second kappa shape index (κ2) is 37.6. The molecule has 0 aromatic carbocycles. The van der Waals surface area contributed by atoms with Crippen LogP contribution in [0.3, 0.4) is 0 Å². The van der Waals surface area contributed by atoms with Crippen molar-refractivity contribution in [3.05, 3.63) is 0 Å². The molecule has 0 aliphatic carbocycles. The summed E-state index contributed by atoms with van der Waals surface area (Å²) in [5, 5.41) is 7.57. The van der Waals surface area contributed by atoms with E-state index in [0.717, 1.165) is 0 Å². The van der Waals surface area contributed by atoms with Crippen LogP contribution < -0.4 is 0 Å². The third-order valence-electron chi connectivity index (χ3n) is 0. The van der Waals surface area contributed by atoms with E-state index in [-0.39, 0.29) is 17.6 Å². The molecule has 0 bridgehead atoms. The standard InChI is InChI=1S/C2H6O.Ca.2ClH.2H2O/c1-2-3;;;;;/h3H,2H2,1H3;;2*1H;2*1H2/q;+2;;;;/p-2. The van der Waals surface area contributed by atoms with Gasteiger partial charge in [-0.25, -0.2) is 0 Å². The maximum absolute atomic E-state index is 7.57. The molecule has 3 nitrogen and oxygen atoms in total. The molecule has 0 aromatic heterocycles. The van der Waals surface area contributed by atoms with Gasteiger partial charge in [0.1, 0.15) is 0 Å². The number of aliphatic hydroxyl groups is 1. The summed E-state index contributed by atoms with van der Waals surface area (Å²) < 4.78 is 0. The molecule has 0 radical (unpaired) electrons. The Morgan fingerprint density at radius 2 is 1.38 bits per heavy atom. The van der Waals surface area contributed by atoms with Gasteiger partial charge in [0, 0.05) is 6.61 Å². The number of aliphatic hydroxyl groups excluding tert-OH is 1. The van der Waals surface area contributed by atoms with Crippen molar-refractivity contribution in [3.63, 3.8) is 0 Å². The van der Waals surface area contributed by atoms with Crippen LogP contribution in [0, 0.1) is 0 Å². The van der Waals surface area contributed by atoms with Gasteiger partial charge in [-0.3, -0.25) is 0 Å². The summed E-state index contributed by atoms with van der Waals surface area (Å²) >= 11 is -0.931. The topological polar surface area (TPSA) is 83.2 Å². The minimum absolute atomic E-state index is 0. The number of rotatable bonds is 0. The zero-order valence-corrected chi connectivity index (χ0v) is 8.34. The SMILES string of the molecule is CCO.O.O.[Cl][Ca][Cl]. The third-order valence-corrected chi connectivity index (χ3v) is 0. The molecule has 0 aromatic rings. The van der Waals surface area contributed by atoms with Gasteiger partial charge in [0.15, 0.2) is 0 Å². The molecule has 0 heterocycles. The Kier molecular flexibility index (Phi) is 106. The molecule has 5 N–H and O–H groups in total. The Morgan fingerprint density at radius 1 is 1.38 bits per heavy atom. The molecule has 0 saturated heterocycles. The molecule has 0 aliphatic heterocycles. The summed E-state index contributed by atoms with van der Waals surface area (Å²) in [6, 6.07) is 0. The predicted octanol–water partition coefficient (Wildman–Crippen LogP) is -0.653. The first-order chi connectivity index (χ1) is 2.83. The normalized spacial score (nSPS) is 3.50. The first kappa shape index (κ1) is 22.6. The van der Waals surface area contributed by atoms with Gasteiger partial charge in [0.2, 0.25) is 0 Å². The molecule has 0 unspecified atom stereocenters. The molecule has 0 rings (SSSR count). The second-order valence-corrected chi connectivity index (χ2v) is 4.06. The zero-order valence-electron chi connectivity index (χ0n) is 4.62. The van der Waals surface area contributed by atoms with E-state index in [1.165, 1.54) is 0 Å². The molecule has 0 saturated carbocycles. The van der Waals surface area contributed by atoms with Crippen molar-refractivity contribution in [1.82, 2.24) is 0 Å². The molecule has 0 atom stereocenters. The van der Waals surface area contributed by atoms with Crippen molar-refractivity contribution in [2.45, 2.75) is 6.92 Å². The molecule has 0 fully saturated rings. The minimum atomic E-state index is -0.931. The molecule has 0 aliphatic rings. The first-order valence-electron chi connectivity index (χ1n) is 1.56. The summed E-state index contributed by atoms with van der Waals surface area (Å²) in [7, 11) is 0. The van der Waals surface area contributed by atoms with Gasteiger partial charge in [-0.2, -0.15) is 0 Å². The zero-order chi connectivity index (χ0) is 5.41. The van der Waals surface area contributed by atoms with Crippen molar-refractivity contribution < 1.29 is 16.1 Å². The average molecular weight is 193 g/mol. The van der Waals surface area contributed by atoms with Gasteiger partial charge in [-0.15, -0.1) is 0 Å². The number of hydrogen-bond donors (Lipinski definition) is 1. The van der Waals surface area contributed by atoms with E-state index in [1.807, 2.05) is 0 Å². The van der Waals surface area contributed by atoms with Crippen molar-refractivity contribution in [2.24, 2.45) is 0 Å². The summed E-state index contributed by atoms with van der Waals surface area (Å²) in [5.41, 5.74) is 0. The number of halogens is 2. The van der Waals surface area contributed by atoms with Gasteiger partial charge in [0.25, 0.3) is 0 Å². The maximum atomic E-state index is 7.57. The quantitative estimate of drug-likeness (QED) is 0.509. The van der Waals surface area contributed by atoms with Crippen molar-refractivity contribution in [2.75, 3.05) is 6.61 Å². The van der Waals surface area contributed by atoms with Gasteiger partial charge >= 0.3 is 43.6 Å². The second-order valence-electron chi connectivity index (χ2n) is 0.417. The Balaban J connectivity index is -0.0000000160. The van der Waals surface area contributed by atoms with Gasteiger partial charge in [0.05, 0.1) is 0 Å². The Hall–Kier alpha value is 1.72. The van der Waals surface area contributed by atoms with Gasteiger partial charge in [-0.05, 0) is 6.92 Å². The molecular formula is C2H10CaCl2O3. The average Bonchev–Trinajstić information content (AvgIpc) is 1.39. The van der Waals surface area contributed by atoms with Crippen LogP contribution >= 0.6 is 12.8 Å².